The van der Waals surface area contributed by atoms with Crippen LogP contribution in [-0.2, 0) is 17.8 Å². The Morgan fingerprint density at radius 3 is 2.65 bits per heavy atom. The molecule has 0 radical (unpaired) electrons. The number of nitrogens with one attached hydrogen (secondary N) is 2. The van der Waals surface area contributed by atoms with E-state index in [9.17, 15) is 14.4 Å². The number of benzene rings is 1. The smallest absolute Gasteiger partial charge is 0.350 e. The first-order chi connectivity index (χ1) is 14.7. The summed E-state index contributed by atoms with van der Waals surface area (Å²) in [6, 6.07) is 7.98. The van der Waals surface area contributed by atoms with Crippen LogP contribution in [-0.4, -0.2) is 36.6 Å². The van der Waals surface area contributed by atoms with Gasteiger partial charge in [-0.25, -0.2) is 18.9 Å². The topological polar surface area (TPSA) is 114 Å². The highest BCUT2D eigenvalue weighted by Crippen LogP contribution is 2.19. The van der Waals surface area contributed by atoms with Gasteiger partial charge in [0.05, 0.1) is 18.5 Å². The van der Waals surface area contributed by atoms with Crippen LogP contribution in [0.5, 0.6) is 0 Å². The zero-order valence-corrected chi connectivity index (χ0v) is 17.9. The van der Waals surface area contributed by atoms with Gasteiger partial charge >= 0.3 is 5.69 Å². The second kappa shape index (κ2) is 7.82. The molecule has 0 aliphatic heterocycles. The summed E-state index contributed by atoms with van der Waals surface area (Å²) in [5.74, 6) is 0.198. The fourth-order valence-electron chi connectivity index (χ4n) is 3.78. The SMILES string of the molecule is Cc1ccc2cc(C)c3nn(CCNC(=O)Cc4c(C)nc(C)[nH]c4=O)c(=O)n3c2c1. The van der Waals surface area contributed by atoms with Gasteiger partial charge in [-0.2, -0.15) is 0 Å². The van der Waals surface area contributed by atoms with Crippen molar-refractivity contribution in [3.8, 4) is 0 Å². The van der Waals surface area contributed by atoms with Crippen LogP contribution < -0.4 is 16.6 Å². The molecular formula is C22H24N6O3. The maximum absolute atomic E-state index is 13.0. The Labute approximate surface area is 177 Å². The molecule has 0 fully saturated rings. The summed E-state index contributed by atoms with van der Waals surface area (Å²) in [5, 5.41) is 8.18. The Balaban J connectivity index is 1.53. The Bertz CT molecular complexity index is 1440. The molecule has 0 saturated heterocycles. The predicted molar refractivity (Wildman–Crippen MR) is 117 cm³/mol. The van der Waals surface area contributed by atoms with Crippen molar-refractivity contribution in [2.24, 2.45) is 0 Å². The fourth-order valence-corrected chi connectivity index (χ4v) is 3.78. The molecule has 0 aliphatic rings. The van der Waals surface area contributed by atoms with Gasteiger partial charge in [0.25, 0.3) is 5.56 Å². The quantitative estimate of drug-likeness (QED) is 0.506. The number of fused-ring (bicyclic) bond motifs is 3. The van der Waals surface area contributed by atoms with Crippen molar-refractivity contribution in [2.45, 2.75) is 40.7 Å². The number of pyridine rings is 1. The Kier molecular flexibility index (Phi) is 5.18. The molecule has 1 amide bonds. The highest BCUT2D eigenvalue weighted by molar-refractivity contribution is 5.84. The van der Waals surface area contributed by atoms with Crippen molar-refractivity contribution >= 4 is 22.5 Å². The number of aromatic amines is 1. The molecule has 0 aliphatic carbocycles. The molecule has 0 atom stereocenters. The largest absolute Gasteiger partial charge is 0.354 e. The molecule has 0 bridgehead atoms. The van der Waals surface area contributed by atoms with E-state index >= 15 is 0 Å². The maximum atomic E-state index is 13.0. The van der Waals surface area contributed by atoms with Gasteiger partial charge in [0.2, 0.25) is 5.91 Å². The van der Waals surface area contributed by atoms with Gasteiger partial charge in [-0.05, 0) is 56.3 Å². The minimum atomic E-state index is -0.312. The molecule has 1 aromatic carbocycles. The van der Waals surface area contributed by atoms with Gasteiger partial charge in [-0.15, -0.1) is 5.10 Å². The van der Waals surface area contributed by atoms with Crippen molar-refractivity contribution in [3.63, 3.8) is 0 Å². The second-order valence-electron chi connectivity index (χ2n) is 7.80. The van der Waals surface area contributed by atoms with Crippen LogP contribution in [0.4, 0.5) is 0 Å². The van der Waals surface area contributed by atoms with Gasteiger partial charge in [-0.3, -0.25) is 9.59 Å². The third-order valence-corrected chi connectivity index (χ3v) is 5.31. The first kappa shape index (κ1) is 20.5. The van der Waals surface area contributed by atoms with E-state index in [0.29, 0.717) is 22.7 Å². The summed E-state index contributed by atoms with van der Waals surface area (Å²) in [7, 11) is 0. The number of nitrogens with zero attached hydrogens (tertiary/aromatic N) is 4. The van der Waals surface area contributed by atoms with Crippen LogP contribution in [0.25, 0.3) is 16.6 Å². The van der Waals surface area contributed by atoms with Crippen LogP contribution in [0, 0.1) is 27.7 Å². The number of carbonyl (C=O) groups excluding carboxylic acids is 1. The summed E-state index contributed by atoms with van der Waals surface area (Å²) in [5.41, 5.74) is 3.67. The highest BCUT2D eigenvalue weighted by atomic mass is 16.2. The van der Waals surface area contributed by atoms with Crippen LogP contribution in [0.2, 0.25) is 0 Å². The van der Waals surface area contributed by atoms with E-state index in [1.54, 1.807) is 18.2 Å². The minimum absolute atomic E-state index is 0.0719. The monoisotopic (exact) mass is 420 g/mol. The molecule has 3 heterocycles. The number of amides is 1. The molecule has 31 heavy (non-hydrogen) atoms. The van der Waals surface area contributed by atoms with Crippen LogP contribution in [0.3, 0.4) is 0 Å². The lowest BCUT2D eigenvalue weighted by molar-refractivity contribution is -0.120. The number of H-pyrrole nitrogens is 1. The van der Waals surface area contributed by atoms with Crippen LogP contribution in [0.1, 0.15) is 28.2 Å². The summed E-state index contributed by atoms with van der Waals surface area (Å²) in [4.78, 5) is 44.2. The van der Waals surface area contributed by atoms with E-state index in [4.69, 9.17) is 0 Å². The number of hydrogen-bond donors (Lipinski definition) is 2. The van der Waals surface area contributed by atoms with E-state index in [-0.39, 0.29) is 36.7 Å². The molecule has 0 unspecified atom stereocenters. The maximum Gasteiger partial charge on any atom is 0.350 e. The molecular weight excluding hydrogens is 396 g/mol. The van der Waals surface area contributed by atoms with Gasteiger partial charge in [0.1, 0.15) is 5.82 Å². The van der Waals surface area contributed by atoms with Gasteiger partial charge in [0, 0.05) is 17.8 Å². The van der Waals surface area contributed by atoms with E-state index in [0.717, 1.165) is 22.0 Å². The van der Waals surface area contributed by atoms with Crippen molar-refractivity contribution in [2.75, 3.05) is 6.54 Å². The van der Waals surface area contributed by atoms with E-state index in [1.165, 1.54) is 4.68 Å². The highest BCUT2D eigenvalue weighted by Gasteiger charge is 2.14. The Morgan fingerprint density at radius 2 is 1.90 bits per heavy atom. The lowest BCUT2D eigenvalue weighted by Crippen LogP contribution is -2.33. The van der Waals surface area contributed by atoms with Crippen molar-refractivity contribution in [3.05, 3.63) is 73.3 Å². The third-order valence-electron chi connectivity index (χ3n) is 5.31. The van der Waals surface area contributed by atoms with Gasteiger partial charge in [-0.1, -0.05) is 12.1 Å². The molecule has 2 N–H and O–H groups in total. The zero-order valence-electron chi connectivity index (χ0n) is 17.9. The molecule has 0 saturated carbocycles. The molecule has 4 rings (SSSR count). The standard InChI is InChI=1S/C22H24N6O3/c1-12-5-6-16-10-13(2)20-26-27(22(31)28(20)18(16)9-12)8-7-23-19(29)11-17-14(3)24-15(4)25-21(17)30/h5-6,9-10H,7-8,11H2,1-4H3,(H,23,29)(H,24,25,30). The molecule has 4 aromatic rings. The average Bonchev–Trinajstić information content (AvgIpc) is 3.03. The number of hydrogen-bond acceptors (Lipinski definition) is 5. The number of aromatic nitrogens is 5. The Hall–Kier alpha value is -3.75. The summed E-state index contributed by atoms with van der Waals surface area (Å²) in [6.45, 7) is 7.73. The average molecular weight is 420 g/mol. The van der Waals surface area contributed by atoms with Crippen LogP contribution >= 0.6 is 0 Å². The summed E-state index contributed by atoms with van der Waals surface area (Å²) < 4.78 is 2.97. The lowest BCUT2D eigenvalue weighted by Gasteiger charge is -2.07. The number of aryl methyl sites for hydroxylation is 4. The molecule has 0 spiro atoms. The predicted octanol–water partition coefficient (Wildman–Crippen LogP) is 1.33. The van der Waals surface area contributed by atoms with E-state index < -0.39 is 0 Å². The molecule has 9 heteroatoms. The molecule has 3 aromatic heterocycles. The third kappa shape index (κ3) is 3.86. The summed E-state index contributed by atoms with van der Waals surface area (Å²) in [6.07, 6.45) is -0.0719. The summed E-state index contributed by atoms with van der Waals surface area (Å²) >= 11 is 0. The first-order valence-electron chi connectivity index (χ1n) is 10.1. The molecule has 160 valence electrons. The van der Waals surface area contributed by atoms with Crippen LogP contribution in [0.15, 0.2) is 33.9 Å². The number of carbonyl (C=O) groups is 1. The van der Waals surface area contributed by atoms with E-state index in [2.05, 4.69) is 20.4 Å². The first-order valence-corrected chi connectivity index (χ1v) is 10.1. The Morgan fingerprint density at radius 1 is 1.13 bits per heavy atom. The number of rotatable bonds is 5. The van der Waals surface area contributed by atoms with Crippen molar-refractivity contribution < 1.29 is 4.79 Å². The molecule has 9 nitrogen and oxygen atoms in total. The zero-order chi connectivity index (χ0) is 22.3. The van der Waals surface area contributed by atoms with E-state index in [1.807, 2.05) is 38.1 Å². The second-order valence-corrected chi connectivity index (χ2v) is 7.80. The van der Waals surface area contributed by atoms with Crippen molar-refractivity contribution in [1.82, 2.24) is 29.5 Å². The van der Waals surface area contributed by atoms with Gasteiger partial charge in [0.15, 0.2) is 5.65 Å². The fraction of sp³-hybridized carbons (Fsp3) is 0.318. The normalized spacial score (nSPS) is 11.4. The van der Waals surface area contributed by atoms with Crippen molar-refractivity contribution in [1.29, 1.82) is 0 Å². The lowest BCUT2D eigenvalue weighted by atomic mass is 10.1. The minimum Gasteiger partial charge on any atom is -0.354 e. The van der Waals surface area contributed by atoms with Gasteiger partial charge < -0.3 is 10.3 Å².